The fraction of sp³-hybridized carbons (Fsp3) is 0.909. The van der Waals surface area contributed by atoms with Crippen LogP contribution in [0.2, 0.25) is 19.6 Å². The minimum Gasteiger partial charge on any atom is -0.402 e. The zero-order chi connectivity index (χ0) is 11.4. The summed E-state index contributed by atoms with van der Waals surface area (Å²) in [5, 5.41) is 9.05. The van der Waals surface area contributed by atoms with Crippen LogP contribution >= 0.6 is 0 Å². The van der Waals surface area contributed by atoms with Gasteiger partial charge in [0.2, 0.25) is 0 Å². The Balaban J connectivity index is 4.36. The monoisotopic (exact) mass is 213 g/mol. The van der Waals surface area contributed by atoms with E-state index in [0.29, 0.717) is 11.8 Å². The third-order valence-electron chi connectivity index (χ3n) is 2.63. The summed E-state index contributed by atoms with van der Waals surface area (Å²) in [6.07, 6.45) is 0.880. The van der Waals surface area contributed by atoms with Crippen molar-refractivity contribution in [1.29, 1.82) is 5.26 Å². The van der Waals surface area contributed by atoms with Crippen LogP contribution in [-0.4, -0.2) is 14.4 Å². The Morgan fingerprint density at radius 2 is 1.79 bits per heavy atom. The number of hydrogen-bond acceptors (Lipinski definition) is 2. The van der Waals surface area contributed by atoms with Crippen molar-refractivity contribution in [3.05, 3.63) is 0 Å². The lowest BCUT2D eigenvalue weighted by Gasteiger charge is -2.29. The van der Waals surface area contributed by atoms with Crippen LogP contribution < -0.4 is 0 Å². The largest absolute Gasteiger partial charge is 0.402 e. The smallest absolute Gasteiger partial charge is 0.185 e. The molecule has 0 aromatic heterocycles. The molecule has 3 heteroatoms. The third-order valence-corrected chi connectivity index (χ3v) is 3.59. The lowest BCUT2D eigenvalue weighted by molar-refractivity contribution is 0.148. The Kier molecular flexibility index (Phi) is 5.39. The highest BCUT2D eigenvalue weighted by Crippen LogP contribution is 2.22. The van der Waals surface area contributed by atoms with Gasteiger partial charge in [-0.3, -0.25) is 0 Å². The second-order valence-corrected chi connectivity index (χ2v) is 9.49. The molecule has 0 aliphatic heterocycles. The van der Waals surface area contributed by atoms with E-state index < -0.39 is 8.32 Å². The zero-order valence-corrected chi connectivity index (χ0v) is 11.3. The molecule has 0 aromatic rings. The van der Waals surface area contributed by atoms with E-state index in [1.54, 1.807) is 0 Å². The van der Waals surface area contributed by atoms with E-state index >= 15 is 0 Å². The number of rotatable bonds is 5. The number of nitriles is 1. The van der Waals surface area contributed by atoms with Gasteiger partial charge in [0, 0.05) is 0 Å². The summed E-state index contributed by atoms with van der Waals surface area (Å²) >= 11 is 0. The first-order valence-corrected chi connectivity index (χ1v) is 8.80. The first-order chi connectivity index (χ1) is 6.31. The van der Waals surface area contributed by atoms with Crippen LogP contribution in [0, 0.1) is 23.2 Å². The maximum absolute atomic E-state index is 9.05. The van der Waals surface area contributed by atoms with E-state index in [4.69, 9.17) is 9.69 Å². The van der Waals surface area contributed by atoms with Crippen LogP contribution in [0.25, 0.3) is 0 Å². The van der Waals surface area contributed by atoms with Gasteiger partial charge in [0.25, 0.3) is 0 Å². The van der Waals surface area contributed by atoms with Gasteiger partial charge in [-0.1, -0.05) is 27.2 Å². The van der Waals surface area contributed by atoms with E-state index in [0.717, 1.165) is 6.42 Å². The number of nitrogens with zero attached hydrogens (tertiary/aromatic N) is 1. The highest BCUT2D eigenvalue weighted by Gasteiger charge is 2.27. The predicted molar refractivity (Wildman–Crippen MR) is 62.5 cm³/mol. The van der Waals surface area contributed by atoms with Gasteiger partial charge < -0.3 is 4.43 Å². The zero-order valence-electron chi connectivity index (χ0n) is 10.3. The van der Waals surface area contributed by atoms with Crippen LogP contribution in [0.4, 0.5) is 0 Å². The Bertz CT molecular complexity index is 204. The summed E-state index contributed by atoms with van der Waals surface area (Å²) in [7, 11) is -1.59. The molecular weight excluding hydrogens is 190 g/mol. The Morgan fingerprint density at radius 3 is 2.07 bits per heavy atom. The van der Waals surface area contributed by atoms with E-state index in [9.17, 15) is 0 Å². The Morgan fingerprint density at radius 1 is 1.29 bits per heavy atom. The van der Waals surface area contributed by atoms with Gasteiger partial charge in [-0.05, 0) is 31.5 Å². The molecule has 0 aliphatic carbocycles. The first kappa shape index (κ1) is 13.7. The SMILES string of the molecule is CCC(C)C(C)C(C#N)O[Si](C)(C)C. The van der Waals surface area contributed by atoms with Crippen molar-refractivity contribution >= 4 is 8.32 Å². The second-order valence-electron chi connectivity index (χ2n) is 5.02. The van der Waals surface area contributed by atoms with Crippen molar-refractivity contribution < 1.29 is 4.43 Å². The standard InChI is InChI=1S/C11H23NOSi/c1-7-9(2)10(3)11(8-12)13-14(4,5)6/h9-11H,7H2,1-6H3. The Labute approximate surface area is 89.4 Å². The van der Waals surface area contributed by atoms with Gasteiger partial charge in [0.05, 0.1) is 6.07 Å². The minimum absolute atomic E-state index is 0.225. The lowest BCUT2D eigenvalue weighted by Crippen LogP contribution is -2.36. The maximum Gasteiger partial charge on any atom is 0.185 e. The predicted octanol–water partition coefficient (Wildman–Crippen LogP) is 3.41. The molecule has 0 fully saturated rings. The normalized spacial score (nSPS) is 18.4. The number of hydrogen-bond donors (Lipinski definition) is 0. The molecule has 0 amide bonds. The molecule has 0 saturated heterocycles. The van der Waals surface area contributed by atoms with E-state index in [-0.39, 0.29) is 6.10 Å². The molecule has 0 saturated carbocycles. The Hall–Kier alpha value is -0.333. The molecule has 2 nitrogen and oxygen atoms in total. The molecule has 0 aliphatic rings. The van der Waals surface area contributed by atoms with E-state index in [1.807, 2.05) is 0 Å². The molecule has 3 unspecified atom stereocenters. The maximum atomic E-state index is 9.05. The summed E-state index contributed by atoms with van der Waals surface area (Å²) in [5.74, 6) is 0.882. The fourth-order valence-corrected chi connectivity index (χ4v) is 2.33. The topological polar surface area (TPSA) is 33.0 Å². The molecule has 0 N–H and O–H groups in total. The van der Waals surface area contributed by atoms with E-state index in [2.05, 4.69) is 46.5 Å². The summed E-state index contributed by atoms with van der Waals surface area (Å²) in [5.41, 5.74) is 0. The van der Waals surface area contributed by atoms with Crippen molar-refractivity contribution in [1.82, 2.24) is 0 Å². The molecule has 3 atom stereocenters. The average molecular weight is 213 g/mol. The van der Waals surface area contributed by atoms with Crippen molar-refractivity contribution in [2.75, 3.05) is 0 Å². The van der Waals surface area contributed by atoms with Gasteiger partial charge in [0.1, 0.15) is 6.10 Å². The molecule has 0 aromatic carbocycles. The molecule has 0 heterocycles. The molecular formula is C11H23NOSi. The summed E-state index contributed by atoms with van der Waals surface area (Å²) in [6.45, 7) is 12.8. The van der Waals surface area contributed by atoms with E-state index in [1.165, 1.54) is 0 Å². The summed E-state index contributed by atoms with van der Waals surface area (Å²) < 4.78 is 5.85. The third kappa shape index (κ3) is 4.78. The van der Waals surface area contributed by atoms with Gasteiger partial charge in [-0.2, -0.15) is 5.26 Å². The van der Waals surface area contributed by atoms with Crippen LogP contribution in [0.1, 0.15) is 27.2 Å². The molecule has 82 valence electrons. The fourth-order valence-electron chi connectivity index (χ4n) is 1.30. The van der Waals surface area contributed by atoms with Gasteiger partial charge in [0.15, 0.2) is 8.32 Å². The van der Waals surface area contributed by atoms with Crippen LogP contribution in [-0.2, 0) is 4.43 Å². The molecule has 14 heavy (non-hydrogen) atoms. The van der Waals surface area contributed by atoms with Gasteiger partial charge >= 0.3 is 0 Å². The second kappa shape index (κ2) is 5.52. The van der Waals surface area contributed by atoms with Crippen molar-refractivity contribution in [2.45, 2.75) is 52.9 Å². The van der Waals surface area contributed by atoms with Gasteiger partial charge in [-0.15, -0.1) is 0 Å². The lowest BCUT2D eigenvalue weighted by atomic mass is 9.89. The molecule has 0 spiro atoms. The first-order valence-electron chi connectivity index (χ1n) is 5.39. The molecule has 0 rings (SSSR count). The molecule has 0 radical (unpaired) electrons. The van der Waals surface area contributed by atoms with Crippen molar-refractivity contribution in [2.24, 2.45) is 11.8 Å². The van der Waals surface area contributed by atoms with Crippen molar-refractivity contribution in [3.63, 3.8) is 0 Å². The summed E-state index contributed by atoms with van der Waals surface area (Å²) in [6, 6.07) is 2.29. The highest BCUT2D eigenvalue weighted by atomic mass is 28.4. The van der Waals surface area contributed by atoms with Crippen LogP contribution in [0.3, 0.4) is 0 Å². The van der Waals surface area contributed by atoms with Gasteiger partial charge in [-0.25, -0.2) is 0 Å². The molecule has 0 bridgehead atoms. The van der Waals surface area contributed by atoms with Crippen molar-refractivity contribution in [3.8, 4) is 6.07 Å². The summed E-state index contributed by atoms with van der Waals surface area (Å²) in [4.78, 5) is 0. The minimum atomic E-state index is -1.59. The quantitative estimate of drug-likeness (QED) is 0.656. The highest BCUT2D eigenvalue weighted by molar-refractivity contribution is 6.69. The average Bonchev–Trinajstić information content (AvgIpc) is 2.10. The van der Waals surface area contributed by atoms with Crippen LogP contribution in [0.15, 0.2) is 0 Å². The van der Waals surface area contributed by atoms with Crippen LogP contribution in [0.5, 0.6) is 0 Å².